The third kappa shape index (κ3) is 1.64. The number of nitrogens with zero attached hydrogens (tertiary/aromatic N) is 2. The van der Waals surface area contributed by atoms with E-state index in [2.05, 4.69) is 5.18 Å². The summed E-state index contributed by atoms with van der Waals surface area (Å²) in [5, 5.41) is 3.05. The van der Waals surface area contributed by atoms with Gasteiger partial charge >= 0.3 is 0 Å². The second kappa shape index (κ2) is 3.67. The maximum Gasteiger partial charge on any atom is 0.113 e. The van der Waals surface area contributed by atoms with Crippen molar-refractivity contribution in [1.82, 2.24) is 4.90 Å². The van der Waals surface area contributed by atoms with Gasteiger partial charge in [0.1, 0.15) is 6.04 Å². The number of hydrogen-bond donors (Lipinski definition) is 1. The molecule has 1 rings (SSSR count). The van der Waals surface area contributed by atoms with Gasteiger partial charge in [-0.05, 0) is 13.3 Å². The SMILES string of the molecule is CC1=C(CN)N(C)CC(N=O)C1. The van der Waals surface area contributed by atoms with Crippen molar-refractivity contribution in [2.75, 3.05) is 20.1 Å². The summed E-state index contributed by atoms with van der Waals surface area (Å²) in [5.41, 5.74) is 7.90. The first kappa shape index (κ1) is 9.19. The van der Waals surface area contributed by atoms with Gasteiger partial charge in [0.25, 0.3) is 0 Å². The van der Waals surface area contributed by atoms with E-state index in [4.69, 9.17) is 5.73 Å². The topological polar surface area (TPSA) is 58.7 Å². The van der Waals surface area contributed by atoms with Crippen LogP contribution in [-0.4, -0.2) is 31.1 Å². The quantitative estimate of drug-likeness (QED) is 0.619. The summed E-state index contributed by atoms with van der Waals surface area (Å²) in [6.45, 7) is 3.26. The highest BCUT2D eigenvalue weighted by atomic mass is 16.3. The normalized spacial score (nSPS) is 24.6. The first-order valence-corrected chi connectivity index (χ1v) is 4.11. The van der Waals surface area contributed by atoms with Crippen molar-refractivity contribution >= 4 is 0 Å². The Hall–Kier alpha value is -0.900. The van der Waals surface area contributed by atoms with Gasteiger partial charge < -0.3 is 10.6 Å². The van der Waals surface area contributed by atoms with E-state index >= 15 is 0 Å². The third-order valence-corrected chi connectivity index (χ3v) is 2.32. The van der Waals surface area contributed by atoms with Crippen LogP contribution in [0.4, 0.5) is 0 Å². The molecule has 0 spiro atoms. The van der Waals surface area contributed by atoms with E-state index in [1.54, 1.807) is 0 Å². The number of nitroso groups, excluding NO2 is 1. The van der Waals surface area contributed by atoms with E-state index in [1.165, 1.54) is 5.57 Å². The van der Waals surface area contributed by atoms with Gasteiger partial charge in [-0.2, -0.15) is 4.91 Å². The molecule has 1 aliphatic rings. The van der Waals surface area contributed by atoms with Crippen molar-refractivity contribution in [3.63, 3.8) is 0 Å². The minimum Gasteiger partial charge on any atom is -0.375 e. The number of rotatable bonds is 2. The molecule has 0 aliphatic carbocycles. The van der Waals surface area contributed by atoms with Crippen LogP contribution in [0, 0.1) is 4.91 Å². The molecule has 0 saturated heterocycles. The molecule has 4 nitrogen and oxygen atoms in total. The second-order valence-corrected chi connectivity index (χ2v) is 3.28. The lowest BCUT2D eigenvalue weighted by Gasteiger charge is -2.31. The number of likely N-dealkylation sites (N-methyl/N-ethyl adjacent to an activating group) is 1. The van der Waals surface area contributed by atoms with Crippen LogP contribution in [-0.2, 0) is 0 Å². The Balaban J connectivity index is 2.78. The maximum absolute atomic E-state index is 10.3. The molecule has 0 aromatic rings. The molecular formula is C8H15N3O. The molecule has 2 N–H and O–H groups in total. The Kier molecular flexibility index (Phi) is 2.81. The number of nitrogens with two attached hydrogens (primary N) is 1. The molecule has 0 saturated carbocycles. The lowest BCUT2D eigenvalue weighted by Crippen LogP contribution is -2.35. The van der Waals surface area contributed by atoms with Gasteiger partial charge in [-0.25, -0.2) is 0 Å². The van der Waals surface area contributed by atoms with Gasteiger partial charge in [-0.3, -0.25) is 0 Å². The van der Waals surface area contributed by atoms with Crippen molar-refractivity contribution in [3.8, 4) is 0 Å². The Morgan fingerprint density at radius 3 is 2.83 bits per heavy atom. The molecule has 0 aromatic heterocycles. The molecule has 0 bridgehead atoms. The molecule has 1 heterocycles. The fraction of sp³-hybridized carbons (Fsp3) is 0.750. The van der Waals surface area contributed by atoms with Crippen molar-refractivity contribution in [2.45, 2.75) is 19.4 Å². The average molecular weight is 169 g/mol. The van der Waals surface area contributed by atoms with Crippen LogP contribution >= 0.6 is 0 Å². The van der Waals surface area contributed by atoms with Crippen LogP contribution in [0.3, 0.4) is 0 Å². The summed E-state index contributed by atoms with van der Waals surface area (Å²) in [5.74, 6) is 0. The van der Waals surface area contributed by atoms with Crippen LogP contribution in [0.15, 0.2) is 16.4 Å². The Bertz CT molecular complexity index is 212. The predicted molar refractivity (Wildman–Crippen MR) is 48.6 cm³/mol. The first-order chi connectivity index (χ1) is 5.69. The van der Waals surface area contributed by atoms with E-state index in [9.17, 15) is 4.91 Å². The summed E-state index contributed by atoms with van der Waals surface area (Å²) < 4.78 is 0. The van der Waals surface area contributed by atoms with Gasteiger partial charge in [0.15, 0.2) is 0 Å². The van der Waals surface area contributed by atoms with Crippen molar-refractivity contribution in [2.24, 2.45) is 10.9 Å². The van der Waals surface area contributed by atoms with Crippen molar-refractivity contribution in [3.05, 3.63) is 16.2 Å². The highest BCUT2D eigenvalue weighted by molar-refractivity contribution is 5.17. The minimum absolute atomic E-state index is 0.0923. The Labute approximate surface area is 72.4 Å². The summed E-state index contributed by atoms with van der Waals surface area (Å²) in [6.07, 6.45) is 0.764. The summed E-state index contributed by atoms with van der Waals surface area (Å²) in [6, 6.07) is -0.0923. The molecule has 1 atom stereocenters. The summed E-state index contributed by atoms with van der Waals surface area (Å²) >= 11 is 0. The van der Waals surface area contributed by atoms with Gasteiger partial charge in [0, 0.05) is 25.8 Å². The monoisotopic (exact) mass is 169 g/mol. The lowest BCUT2D eigenvalue weighted by atomic mass is 10.0. The minimum atomic E-state index is -0.0923. The highest BCUT2D eigenvalue weighted by Crippen LogP contribution is 2.21. The fourth-order valence-electron chi connectivity index (χ4n) is 1.69. The standard InChI is InChI=1S/C8H15N3O/c1-6-3-7(10-12)5-11(2)8(6)4-9/h7H,3-5,9H2,1-2H3. The molecule has 1 unspecified atom stereocenters. The van der Waals surface area contributed by atoms with Crippen LogP contribution in [0.1, 0.15) is 13.3 Å². The van der Waals surface area contributed by atoms with E-state index < -0.39 is 0 Å². The largest absolute Gasteiger partial charge is 0.375 e. The summed E-state index contributed by atoms with van der Waals surface area (Å²) in [7, 11) is 1.95. The van der Waals surface area contributed by atoms with Gasteiger partial charge in [0.2, 0.25) is 0 Å². The van der Waals surface area contributed by atoms with Crippen molar-refractivity contribution < 1.29 is 0 Å². The molecule has 0 fully saturated rings. The molecule has 68 valence electrons. The van der Waals surface area contributed by atoms with Gasteiger partial charge in [0.05, 0.1) is 0 Å². The molecule has 1 aliphatic heterocycles. The third-order valence-electron chi connectivity index (χ3n) is 2.32. The van der Waals surface area contributed by atoms with Crippen LogP contribution in [0.2, 0.25) is 0 Å². The Morgan fingerprint density at radius 2 is 2.42 bits per heavy atom. The molecule has 12 heavy (non-hydrogen) atoms. The van der Waals surface area contributed by atoms with Gasteiger partial charge in [-0.15, -0.1) is 0 Å². The van der Waals surface area contributed by atoms with Crippen LogP contribution in [0.25, 0.3) is 0 Å². The Morgan fingerprint density at radius 1 is 1.75 bits per heavy atom. The smallest absolute Gasteiger partial charge is 0.113 e. The zero-order valence-electron chi connectivity index (χ0n) is 7.58. The number of hydrogen-bond acceptors (Lipinski definition) is 4. The van der Waals surface area contributed by atoms with E-state index in [0.717, 1.165) is 12.1 Å². The van der Waals surface area contributed by atoms with E-state index in [0.29, 0.717) is 13.1 Å². The van der Waals surface area contributed by atoms with E-state index in [1.807, 2.05) is 18.9 Å². The molecule has 0 amide bonds. The lowest BCUT2D eigenvalue weighted by molar-refractivity contribution is 0.343. The summed E-state index contributed by atoms with van der Waals surface area (Å²) in [4.78, 5) is 12.3. The first-order valence-electron chi connectivity index (χ1n) is 4.11. The molecule has 4 heteroatoms. The maximum atomic E-state index is 10.3. The zero-order chi connectivity index (χ0) is 9.14. The van der Waals surface area contributed by atoms with Crippen molar-refractivity contribution in [1.29, 1.82) is 0 Å². The fourth-order valence-corrected chi connectivity index (χ4v) is 1.69. The highest BCUT2D eigenvalue weighted by Gasteiger charge is 2.21. The van der Waals surface area contributed by atoms with Crippen LogP contribution < -0.4 is 5.73 Å². The average Bonchev–Trinajstić information content (AvgIpc) is 2.03. The van der Waals surface area contributed by atoms with Gasteiger partial charge in [-0.1, -0.05) is 10.7 Å². The zero-order valence-corrected chi connectivity index (χ0v) is 7.58. The predicted octanol–water partition coefficient (Wildman–Crippen LogP) is 0.690. The van der Waals surface area contributed by atoms with E-state index in [-0.39, 0.29) is 6.04 Å². The molecular weight excluding hydrogens is 154 g/mol. The second-order valence-electron chi connectivity index (χ2n) is 3.28. The molecule has 0 aromatic carbocycles. The molecule has 0 radical (unpaired) electrons. The van der Waals surface area contributed by atoms with Crippen LogP contribution in [0.5, 0.6) is 0 Å².